The fourth-order valence-corrected chi connectivity index (χ4v) is 10.7. The summed E-state index contributed by atoms with van der Waals surface area (Å²) in [4.78, 5) is 172. The lowest BCUT2D eigenvalue weighted by atomic mass is 10.1. The molecule has 0 saturated heterocycles. The lowest BCUT2D eigenvalue weighted by Gasteiger charge is -2.13. The highest BCUT2D eigenvalue weighted by atomic mass is 16.6. The Bertz CT molecular complexity index is 4660. The predicted octanol–water partition coefficient (Wildman–Crippen LogP) is 15.4. The number of carbonyl (C=O) groups is 14. The minimum Gasteiger partial charge on any atom is -0.461 e. The largest absolute Gasteiger partial charge is 0.461 e. The summed E-state index contributed by atoms with van der Waals surface area (Å²) in [5.74, 6) is -4.24. The van der Waals surface area contributed by atoms with E-state index in [-0.39, 0.29) is 88.6 Å². The fraction of sp³-hybridized carbons (Fsp3) is 0.247. The van der Waals surface area contributed by atoms with Crippen LogP contribution in [0.1, 0.15) is 94.3 Å². The number of hydrogen-bond acceptors (Lipinski definition) is 29. The summed E-state index contributed by atoms with van der Waals surface area (Å²) in [6, 6.07) is 45.8. The highest BCUT2D eigenvalue weighted by molar-refractivity contribution is 5.90. The molecule has 0 heterocycles. The normalized spacial score (nSPS) is 10.2. The summed E-state index contributed by atoms with van der Waals surface area (Å²) >= 11 is 0. The second-order valence-electron chi connectivity index (χ2n) is 27.7. The van der Waals surface area contributed by atoms with Gasteiger partial charge in [0.1, 0.15) is 92.5 Å². The average molecular weight is 1760 g/mol. The van der Waals surface area contributed by atoms with Crippen molar-refractivity contribution in [2.45, 2.75) is 55.4 Å². The van der Waals surface area contributed by atoms with Gasteiger partial charge in [-0.2, -0.15) is 0 Å². The van der Waals surface area contributed by atoms with E-state index in [1.54, 1.807) is 207 Å². The Morgan fingerprint density at radius 1 is 0.180 bits per heavy atom. The standard InChI is InChI=1S/C93H97N7O28/c1-59(101)115-45-74(46-116-60(2)102)38-68-12-26-82(27-13-68)95-90(111)125-55-79(56-126-91(112)96-83-28-14-69(15-29-83)39-75(47-117-61(3)103)48-118-62(4)104)43-72-20-34-86(35-21-72)99-88(109)123-53-78(42-67-10-24-81(94-9)25-11-67)54-124-89(110)100-87-36-22-73(23-37-87)44-80(57-127-92(113)97-84-30-16-70(17-31-84)40-76(49-119-63(5)105)50-120-64(6)106)58-128-93(114)98-85-32-18-71(19-33-85)41-77(51-121-65(7)107)52-122-66(8)108/h10-44,94H,45-58H2,1-9H3,(H,95,111)(H,96,112)(H,97,113)(H,98,114)(H,99,109)(H,100,110). The molecular formula is C93H97N7O28. The van der Waals surface area contributed by atoms with Gasteiger partial charge in [0.25, 0.3) is 0 Å². The maximum atomic E-state index is 13.5. The molecule has 0 aliphatic carbocycles. The number of carbonyl (C=O) groups excluding carboxylic acids is 14. The van der Waals surface area contributed by atoms with Crippen molar-refractivity contribution in [3.8, 4) is 0 Å². The maximum Gasteiger partial charge on any atom is 0.411 e. The third-order valence-electron chi connectivity index (χ3n) is 16.8. The van der Waals surface area contributed by atoms with Crippen molar-refractivity contribution < 1.29 is 133 Å². The molecule has 128 heavy (non-hydrogen) atoms. The van der Waals surface area contributed by atoms with Crippen LogP contribution in [-0.2, 0) is 105 Å². The maximum absolute atomic E-state index is 13.5. The summed E-state index contributed by atoms with van der Waals surface area (Å²) in [6.07, 6.45) is 6.20. The number of hydrogen-bond donors (Lipinski definition) is 7. The van der Waals surface area contributed by atoms with E-state index in [9.17, 15) is 67.1 Å². The summed E-state index contributed by atoms with van der Waals surface area (Å²) in [7, 11) is 1.76. The van der Waals surface area contributed by atoms with Gasteiger partial charge in [-0.05, 0) is 166 Å². The lowest BCUT2D eigenvalue weighted by Crippen LogP contribution is -2.19. The van der Waals surface area contributed by atoms with Gasteiger partial charge >= 0.3 is 84.3 Å². The van der Waals surface area contributed by atoms with Crippen molar-refractivity contribution in [2.75, 3.05) is 137 Å². The van der Waals surface area contributed by atoms with Crippen LogP contribution >= 0.6 is 0 Å². The Kier molecular flexibility index (Phi) is 41.0. The van der Waals surface area contributed by atoms with Crippen LogP contribution in [-0.4, -0.2) is 184 Å². The molecule has 0 radical (unpaired) electrons. The van der Waals surface area contributed by atoms with E-state index in [1.165, 1.54) is 55.4 Å². The summed E-state index contributed by atoms with van der Waals surface area (Å²) < 4.78 is 74.5. The summed E-state index contributed by atoms with van der Waals surface area (Å²) in [5.41, 5.74) is 9.78. The highest BCUT2D eigenvalue weighted by Gasteiger charge is 2.18. The monoisotopic (exact) mass is 1760 g/mol. The second-order valence-corrected chi connectivity index (χ2v) is 27.7. The minimum atomic E-state index is -0.887. The number of nitrogens with one attached hydrogen (secondary N) is 7. The van der Waals surface area contributed by atoms with Crippen LogP contribution in [0.25, 0.3) is 42.5 Å². The molecule has 35 heteroatoms. The molecule has 0 aromatic heterocycles. The number of ether oxygens (including phenoxy) is 14. The van der Waals surface area contributed by atoms with E-state index in [1.807, 2.05) is 12.1 Å². The van der Waals surface area contributed by atoms with Gasteiger partial charge in [-0.3, -0.25) is 70.3 Å². The molecule has 0 aliphatic rings. The zero-order chi connectivity index (χ0) is 92.7. The Morgan fingerprint density at radius 2 is 0.289 bits per heavy atom. The van der Waals surface area contributed by atoms with Crippen molar-refractivity contribution in [3.05, 3.63) is 248 Å². The zero-order valence-electron chi connectivity index (χ0n) is 71.5. The quantitative estimate of drug-likeness (QED) is 0.0138. The van der Waals surface area contributed by atoms with E-state index in [0.29, 0.717) is 89.6 Å². The third-order valence-corrected chi connectivity index (χ3v) is 16.8. The van der Waals surface area contributed by atoms with Crippen LogP contribution < -0.4 is 37.2 Å². The first-order valence-electron chi connectivity index (χ1n) is 39.2. The molecule has 7 rings (SSSR count). The lowest BCUT2D eigenvalue weighted by molar-refractivity contribution is -0.143. The SMILES string of the molecule is CNc1ccc(C=C(COC(=O)Nc2ccc(C=C(COC(=O)Nc3ccc(C=C(COC(C)=O)COC(C)=O)cc3)COC(=O)Nc3ccc(C=C(COC(C)=O)COC(C)=O)cc3)cc2)COC(=O)Nc2ccc(C=C(COC(=O)Nc3ccc(C=C(COC(C)=O)COC(C)=O)cc3)COC(=O)Nc3ccc(C=C(COC(C)=O)COC(C)=O)cc3)cc2)cc1. The minimum absolute atomic E-state index is 0.127. The molecule has 0 unspecified atom stereocenters. The molecule has 672 valence electrons. The Hall–Kier alpha value is -16.1. The van der Waals surface area contributed by atoms with Crippen molar-refractivity contribution in [3.63, 3.8) is 0 Å². The molecule has 0 aliphatic heterocycles. The molecule has 7 N–H and O–H groups in total. The first kappa shape index (κ1) is 99.0. The number of benzene rings is 7. The molecule has 7 aromatic carbocycles. The summed E-state index contributed by atoms with van der Waals surface area (Å²) in [5, 5.41) is 18.9. The van der Waals surface area contributed by atoms with E-state index in [4.69, 9.17) is 66.3 Å². The Balaban J connectivity index is 1.01. The molecule has 7 aromatic rings. The van der Waals surface area contributed by atoms with Crippen LogP contribution in [0.3, 0.4) is 0 Å². The van der Waals surface area contributed by atoms with Gasteiger partial charge in [0.05, 0.1) is 0 Å². The van der Waals surface area contributed by atoms with E-state index >= 15 is 0 Å². The second kappa shape index (κ2) is 53.0. The molecule has 6 amide bonds. The Labute approximate surface area is 736 Å². The summed E-state index contributed by atoms with van der Waals surface area (Å²) in [6.45, 7) is 6.65. The van der Waals surface area contributed by atoms with Gasteiger partial charge in [0.15, 0.2) is 0 Å². The van der Waals surface area contributed by atoms with E-state index in [2.05, 4.69) is 37.2 Å². The number of amides is 6. The van der Waals surface area contributed by atoms with Crippen molar-refractivity contribution in [1.29, 1.82) is 0 Å². The average Bonchev–Trinajstić information content (AvgIpc) is 1.41. The molecule has 0 bridgehead atoms. The van der Waals surface area contributed by atoms with Crippen molar-refractivity contribution >= 4 is 167 Å². The Morgan fingerprint density at radius 3 is 0.398 bits per heavy atom. The third kappa shape index (κ3) is 41.2. The molecule has 0 atom stereocenters. The van der Waals surface area contributed by atoms with Gasteiger partial charge in [0.2, 0.25) is 0 Å². The number of esters is 8. The molecule has 0 spiro atoms. The first-order valence-corrected chi connectivity index (χ1v) is 39.2. The van der Waals surface area contributed by atoms with Gasteiger partial charge in [-0.25, -0.2) is 28.8 Å². The van der Waals surface area contributed by atoms with Gasteiger partial charge in [-0.1, -0.05) is 84.9 Å². The number of anilines is 7. The predicted molar refractivity (Wildman–Crippen MR) is 473 cm³/mol. The number of rotatable bonds is 42. The van der Waals surface area contributed by atoms with Gasteiger partial charge < -0.3 is 71.6 Å². The smallest absolute Gasteiger partial charge is 0.411 e. The first-order chi connectivity index (χ1) is 61.3. The molecule has 0 fully saturated rings. The van der Waals surface area contributed by atoms with Crippen LogP contribution in [0.2, 0.25) is 0 Å². The van der Waals surface area contributed by atoms with Crippen LogP contribution in [0, 0.1) is 0 Å². The molecular weight excluding hydrogens is 1660 g/mol. The van der Waals surface area contributed by atoms with Crippen LogP contribution in [0.5, 0.6) is 0 Å². The van der Waals surface area contributed by atoms with E-state index in [0.717, 1.165) is 5.69 Å². The topological polar surface area (TPSA) is 452 Å². The van der Waals surface area contributed by atoms with Crippen molar-refractivity contribution in [2.24, 2.45) is 0 Å². The van der Waals surface area contributed by atoms with Gasteiger partial charge in [-0.15, -0.1) is 0 Å². The van der Waals surface area contributed by atoms with E-state index < -0.39 is 111 Å². The zero-order valence-corrected chi connectivity index (χ0v) is 71.5. The fourth-order valence-electron chi connectivity index (χ4n) is 10.7. The highest BCUT2D eigenvalue weighted by Crippen LogP contribution is 2.24. The molecule has 35 nitrogen and oxygen atoms in total. The van der Waals surface area contributed by atoms with Crippen LogP contribution in [0.4, 0.5) is 68.6 Å². The molecule has 0 saturated carbocycles. The van der Waals surface area contributed by atoms with Crippen molar-refractivity contribution in [1.82, 2.24) is 0 Å². The van der Waals surface area contributed by atoms with Gasteiger partial charge in [0, 0.05) is 141 Å². The van der Waals surface area contributed by atoms with Crippen LogP contribution in [0.15, 0.2) is 209 Å².